The van der Waals surface area contributed by atoms with E-state index in [-0.39, 0.29) is 0 Å². The summed E-state index contributed by atoms with van der Waals surface area (Å²) in [7, 11) is 3.93. The molecule has 0 amide bonds. The molecule has 1 unspecified atom stereocenters. The molecule has 1 aliphatic rings. The van der Waals surface area contributed by atoms with Crippen LogP contribution in [0.3, 0.4) is 0 Å². The second kappa shape index (κ2) is 3.92. The largest absolute Gasteiger partial charge is 0.347 e. The molecule has 4 nitrogen and oxygen atoms in total. The maximum Gasteiger partial charge on any atom is 0.224 e. The minimum atomic E-state index is 0.566. The standard InChI is InChI=1S/C10H16N4/c1-14(2)10-12-6-4-9(13-10)8-3-5-11-7-8/h4,6,8,11H,3,5,7H2,1-2H3. The van der Waals surface area contributed by atoms with Crippen molar-refractivity contribution in [2.75, 3.05) is 32.1 Å². The van der Waals surface area contributed by atoms with Crippen molar-refractivity contribution in [2.24, 2.45) is 0 Å². The average molecular weight is 192 g/mol. The van der Waals surface area contributed by atoms with Crippen LogP contribution in [0.15, 0.2) is 12.3 Å². The van der Waals surface area contributed by atoms with Crippen LogP contribution in [0.4, 0.5) is 5.95 Å². The molecule has 14 heavy (non-hydrogen) atoms. The second-order valence-electron chi connectivity index (χ2n) is 3.87. The Labute approximate surface area is 84.4 Å². The van der Waals surface area contributed by atoms with Gasteiger partial charge in [0.1, 0.15) is 0 Å². The molecule has 1 fully saturated rings. The van der Waals surface area contributed by atoms with Crippen molar-refractivity contribution in [3.05, 3.63) is 18.0 Å². The Morgan fingerprint density at radius 3 is 3.00 bits per heavy atom. The molecule has 1 aromatic rings. The van der Waals surface area contributed by atoms with E-state index in [9.17, 15) is 0 Å². The Balaban J connectivity index is 2.21. The fourth-order valence-electron chi connectivity index (χ4n) is 1.71. The third-order valence-electron chi connectivity index (χ3n) is 2.54. The predicted octanol–water partition coefficient (Wildman–Crippen LogP) is 0.619. The van der Waals surface area contributed by atoms with Crippen LogP contribution >= 0.6 is 0 Å². The van der Waals surface area contributed by atoms with Crippen molar-refractivity contribution in [3.63, 3.8) is 0 Å². The van der Waals surface area contributed by atoms with Gasteiger partial charge in [0.05, 0.1) is 5.69 Å². The lowest BCUT2D eigenvalue weighted by atomic mass is 10.1. The Kier molecular flexibility index (Phi) is 2.63. The topological polar surface area (TPSA) is 41.1 Å². The van der Waals surface area contributed by atoms with E-state index in [0.29, 0.717) is 5.92 Å². The molecule has 1 saturated heterocycles. The predicted molar refractivity (Wildman–Crippen MR) is 56.6 cm³/mol. The zero-order valence-electron chi connectivity index (χ0n) is 8.70. The van der Waals surface area contributed by atoms with E-state index in [1.165, 1.54) is 6.42 Å². The number of nitrogens with one attached hydrogen (secondary N) is 1. The first-order chi connectivity index (χ1) is 6.77. The highest BCUT2D eigenvalue weighted by Crippen LogP contribution is 2.20. The third kappa shape index (κ3) is 1.85. The van der Waals surface area contributed by atoms with Gasteiger partial charge in [-0.15, -0.1) is 0 Å². The summed E-state index contributed by atoms with van der Waals surface area (Å²) in [5, 5.41) is 3.35. The van der Waals surface area contributed by atoms with E-state index < -0.39 is 0 Å². The molecule has 1 atom stereocenters. The molecule has 0 aliphatic carbocycles. The maximum absolute atomic E-state index is 4.53. The summed E-state index contributed by atoms with van der Waals surface area (Å²) in [6.45, 7) is 2.15. The summed E-state index contributed by atoms with van der Waals surface area (Å²) in [5.74, 6) is 1.37. The summed E-state index contributed by atoms with van der Waals surface area (Å²) in [6, 6.07) is 2.02. The molecule has 1 aliphatic heterocycles. The minimum Gasteiger partial charge on any atom is -0.347 e. The van der Waals surface area contributed by atoms with Crippen LogP contribution in [0.2, 0.25) is 0 Å². The molecule has 0 saturated carbocycles. The van der Waals surface area contributed by atoms with Gasteiger partial charge in [0.25, 0.3) is 0 Å². The van der Waals surface area contributed by atoms with Crippen LogP contribution in [0.25, 0.3) is 0 Å². The number of hydrogen-bond acceptors (Lipinski definition) is 4. The molecule has 0 radical (unpaired) electrons. The SMILES string of the molecule is CN(C)c1nccc(C2CCNC2)n1. The molecule has 0 aromatic carbocycles. The lowest BCUT2D eigenvalue weighted by Gasteiger charge is -2.13. The molecule has 0 spiro atoms. The van der Waals surface area contributed by atoms with Gasteiger partial charge in [-0.25, -0.2) is 9.97 Å². The molecular formula is C10H16N4. The molecule has 2 rings (SSSR count). The smallest absolute Gasteiger partial charge is 0.224 e. The Morgan fingerprint density at radius 2 is 2.36 bits per heavy atom. The summed E-state index contributed by atoms with van der Waals surface area (Å²) in [5.41, 5.74) is 1.16. The summed E-state index contributed by atoms with van der Waals surface area (Å²) in [4.78, 5) is 10.7. The Bertz CT molecular complexity index is 305. The van der Waals surface area contributed by atoms with Crippen LogP contribution < -0.4 is 10.2 Å². The van der Waals surface area contributed by atoms with Gasteiger partial charge in [0.15, 0.2) is 0 Å². The van der Waals surface area contributed by atoms with Gasteiger partial charge >= 0.3 is 0 Å². The van der Waals surface area contributed by atoms with E-state index in [0.717, 1.165) is 24.7 Å². The summed E-state index contributed by atoms with van der Waals surface area (Å²) < 4.78 is 0. The molecule has 76 valence electrons. The van der Waals surface area contributed by atoms with Crippen molar-refractivity contribution in [3.8, 4) is 0 Å². The third-order valence-corrected chi connectivity index (χ3v) is 2.54. The van der Waals surface area contributed by atoms with E-state index in [1.54, 1.807) is 0 Å². The second-order valence-corrected chi connectivity index (χ2v) is 3.87. The van der Waals surface area contributed by atoms with Gasteiger partial charge in [0, 0.05) is 32.8 Å². The molecule has 1 N–H and O–H groups in total. The van der Waals surface area contributed by atoms with Crippen LogP contribution in [0.1, 0.15) is 18.0 Å². The number of hydrogen-bond donors (Lipinski definition) is 1. The monoisotopic (exact) mass is 192 g/mol. The fraction of sp³-hybridized carbons (Fsp3) is 0.600. The van der Waals surface area contributed by atoms with Gasteiger partial charge in [-0.1, -0.05) is 0 Å². The maximum atomic E-state index is 4.53. The van der Waals surface area contributed by atoms with Crippen LogP contribution in [-0.4, -0.2) is 37.2 Å². The number of aromatic nitrogens is 2. The Hall–Kier alpha value is -1.16. The van der Waals surface area contributed by atoms with Crippen molar-refractivity contribution in [2.45, 2.75) is 12.3 Å². The van der Waals surface area contributed by atoms with Gasteiger partial charge in [-0.3, -0.25) is 0 Å². The van der Waals surface area contributed by atoms with Gasteiger partial charge in [-0.2, -0.15) is 0 Å². The number of anilines is 1. The molecular weight excluding hydrogens is 176 g/mol. The Morgan fingerprint density at radius 1 is 1.50 bits per heavy atom. The number of rotatable bonds is 2. The first-order valence-corrected chi connectivity index (χ1v) is 4.98. The van der Waals surface area contributed by atoms with E-state index in [1.807, 2.05) is 31.3 Å². The normalized spacial score (nSPS) is 21.1. The highest BCUT2D eigenvalue weighted by molar-refractivity contribution is 5.28. The van der Waals surface area contributed by atoms with Crippen LogP contribution in [0, 0.1) is 0 Å². The van der Waals surface area contributed by atoms with Gasteiger partial charge < -0.3 is 10.2 Å². The first kappa shape index (κ1) is 9.40. The first-order valence-electron chi connectivity index (χ1n) is 4.98. The molecule has 1 aromatic heterocycles. The van der Waals surface area contributed by atoms with Crippen LogP contribution in [-0.2, 0) is 0 Å². The number of nitrogens with zero attached hydrogens (tertiary/aromatic N) is 3. The minimum absolute atomic E-state index is 0.566. The van der Waals surface area contributed by atoms with Gasteiger partial charge in [-0.05, 0) is 19.0 Å². The van der Waals surface area contributed by atoms with E-state index in [4.69, 9.17) is 0 Å². The average Bonchev–Trinajstić information content (AvgIpc) is 2.71. The molecule has 2 heterocycles. The van der Waals surface area contributed by atoms with Crippen molar-refractivity contribution in [1.29, 1.82) is 0 Å². The quantitative estimate of drug-likeness (QED) is 0.745. The summed E-state index contributed by atoms with van der Waals surface area (Å²) >= 11 is 0. The van der Waals surface area contributed by atoms with Crippen molar-refractivity contribution < 1.29 is 0 Å². The highest BCUT2D eigenvalue weighted by atomic mass is 15.2. The lowest BCUT2D eigenvalue weighted by Crippen LogP contribution is -2.15. The lowest BCUT2D eigenvalue weighted by molar-refractivity contribution is 0.728. The summed E-state index contributed by atoms with van der Waals surface area (Å²) in [6.07, 6.45) is 3.03. The van der Waals surface area contributed by atoms with Gasteiger partial charge in [0.2, 0.25) is 5.95 Å². The van der Waals surface area contributed by atoms with Crippen molar-refractivity contribution >= 4 is 5.95 Å². The van der Waals surface area contributed by atoms with Crippen LogP contribution in [0.5, 0.6) is 0 Å². The fourth-order valence-corrected chi connectivity index (χ4v) is 1.71. The van der Waals surface area contributed by atoms with E-state index in [2.05, 4.69) is 15.3 Å². The zero-order valence-corrected chi connectivity index (χ0v) is 8.70. The zero-order chi connectivity index (χ0) is 9.97. The molecule has 4 heteroatoms. The highest BCUT2D eigenvalue weighted by Gasteiger charge is 2.18. The van der Waals surface area contributed by atoms with E-state index >= 15 is 0 Å². The van der Waals surface area contributed by atoms with Crippen molar-refractivity contribution in [1.82, 2.24) is 15.3 Å². The molecule has 0 bridgehead atoms.